The molecule has 0 fully saturated rings. The Balaban J connectivity index is 2.30. The maximum Gasteiger partial charge on any atom is 0.184 e. The van der Waals surface area contributed by atoms with Crippen LogP contribution in [-0.4, -0.2) is 15.0 Å². The molecule has 0 radical (unpaired) electrons. The van der Waals surface area contributed by atoms with Gasteiger partial charge in [-0.2, -0.15) is 0 Å². The third-order valence-electron chi connectivity index (χ3n) is 2.95. The highest BCUT2D eigenvalue weighted by Gasteiger charge is 2.16. The number of fused-ring (bicyclic) bond motifs is 1. The molecular weight excluding hydrogens is 285 g/mol. The van der Waals surface area contributed by atoms with Crippen LogP contribution in [0.5, 0.6) is 0 Å². The number of hydrogen-bond donors (Lipinski definition) is 0. The van der Waals surface area contributed by atoms with Gasteiger partial charge in [0.05, 0.1) is 5.39 Å². The van der Waals surface area contributed by atoms with E-state index in [1.54, 1.807) is 0 Å². The number of halogens is 2. The zero-order valence-electron chi connectivity index (χ0n) is 10.2. The molecule has 0 spiro atoms. The summed E-state index contributed by atoms with van der Waals surface area (Å²) in [5.41, 5.74) is 1.19. The van der Waals surface area contributed by atoms with E-state index in [0.29, 0.717) is 5.15 Å². The van der Waals surface area contributed by atoms with Crippen LogP contribution in [0.2, 0.25) is 5.15 Å². The minimum Gasteiger partial charge on any atom is -0.250 e. The summed E-state index contributed by atoms with van der Waals surface area (Å²) in [4.78, 5) is 14.4. The van der Waals surface area contributed by atoms with Crippen molar-refractivity contribution < 1.29 is 4.39 Å². The monoisotopic (exact) mass is 293 g/mol. The summed E-state index contributed by atoms with van der Waals surface area (Å²) in [6, 6.07) is 2.85. The lowest BCUT2D eigenvalue weighted by Crippen LogP contribution is -1.95. The van der Waals surface area contributed by atoms with Gasteiger partial charge in [0.2, 0.25) is 0 Å². The molecule has 3 rings (SSSR count). The Morgan fingerprint density at radius 3 is 2.79 bits per heavy atom. The standard InChI is InChI=1S/C13H9ClFN3S/c1-6-7(2)19-13-9(6)11(14)17-12(18-13)10-8(15)4-3-5-16-10/h3-5H,1-2H3. The molecule has 0 aliphatic heterocycles. The lowest BCUT2D eigenvalue weighted by atomic mass is 10.2. The van der Waals surface area contributed by atoms with Crippen LogP contribution in [0.3, 0.4) is 0 Å². The Labute approximate surface area is 118 Å². The molecule has 6 heteroatoms. The van der Waals surface area contributed by atoms with Crippen LogP contribution in [0.1, 0.15) is 10.4 Å². The maximum atomic E-state index is 13.7. The average molecular weight is 294 g/mol. The van der Waals surface area contributed by atoms with Crippen LogP contribution in [0.15, 0.2) is 18.3 Å². The summed E-state index contributed by atoms with van der Waals surface area (Å²) in [5, 5.41) is 1.18. The van der Waals surface area contributed by atoms with Crippen LogP contribution < -0.4 is 0 Å². The van der Waals surface area contributed by atoms with Gasteiger partial charge in [-0.05, 0) is 31.5 Å². The molecule has 0 aliphatic rings. The highest BCUT2D eigenvalue weighted by atomic mass is 35.5. The van der Waals surface area contributed by atoms with Crippen LogP contribution in [-0.2, 0) is 0 Å². The zero-order valence-corrected chi connectivity index (χ0v) is 11.8. The lowest BCUT2D eigenvalue weighted by Gasteiger charge is -2.02. The first-order chi connectivity index (χ1) is 9.08. The van der Waals surface area contributed by atoms with Gasteiger partial charge in [0.25, 0.3) is 0 Å². The van der Waals surface area contributed by atoms with Gasteiger partial charge in [0.15, 0.2) is 11.6 Å². The Kier molecular flexibility index (Phi) is 2.95. The van der Waals surface area contributed by atoms with Crippen LogP contribution in [0.4, 0.5) is 4.39 Å². The van der Waals surface area contributed by atoms with Crippen molar-refractivity contribution in [3.63, 3.8) is 0 Å². The highest BCUT2D eigenvalue weighted by molar-refractivity contribution is 7.18. The summed E-state index contributed by atoms with van der Waals surface area (Å²) in [6.45, 7) is 3.98. The number of aryl methyl sites for hydroxylation is 2. The van der Waals surface area contributed by atoms with E-state index in [-0.39, 0.29) is 11.5 Å². The van der Waals surface area contributed by atoms with Gasteiger partial charge in [-0.1, -0.05) is 11.6 Å². The normalized spacial score (nSPS) is 11.2. The van der Waals surface area contributed by atoms with Gasteiger partial charge in [-0.15, -0.1) is 11.3 Å². The van der Waals surface area contributed by atoms with Crippen molar-refractivity contribution >= 4 is 33.2 Å². The van der Waals surface area contributed by atoms with Gasteiger partial charge in [-0.25, -0.2) is 19.3 Å². The van der Waals surface area contributed by atoms with Crippen molar-refractivity contribution in [2.45, 2.75) is 13.8 Å². The molecule has 0 N–H and O–H groups in total. The molecule has 0 bridgehead atoms. The molecule has 0 aliphatic carbocycles. The van der Waals surface area contributed by atoms with Gasteiger partial charge in [-0.3, -0.25) is 0 Å². The van der Waals surface area contributed by atoms with E-state index in [1.807, 2.05) is 13.8 Å². The van der Waals surface area contributed by atoms with Crippen molar-refractivity contribution in [1.82, 2.24) is 15.0 Å². The summed E-state index contributed by atoms with van der Waals surface area (Å²) >= 11 is 7.71. The number of rotatable bonds is 1. The maximum absolute atomic E-state index is 13.7. The average Bonchev–Trinajstić information content (AvgIpc) is 2.66. The summed E-state index contributed by atoms with van der Waals surface area (Å²) in [7, 11) is 0. The molecule has 96 valence electrons. The molecule has 0 saturated carbocycles. The van der Waals surface area contributed by atoms with Gasteiger partial charge < -0.3 is 0 Å². The van der Waals surface area contributed by atoms with Gasteiger partial charge >= 0.3 is 0 Å². The van der Waals surface area contributed by atoms with Crippen LogP contribution >= 0.6 is 22.9 Å². The van der Waals surface area contributed by atoms with E-state index in [1.165, 1.54) is 29.7 Å². The first-order valence-electron chi connectivity index (χ1n) is 5.62. The first-order valence-corrected chi connectivity index (χ1v) is 6.81. The fraction of sp³-hybridized carbons (Fsp3) is 0.154. The van der Waals surface area contributed by atoms with E-state index in [9.17, 15) is 4.39 Å². The minimum absolute atomic E-state index is 0.120. The molecule has 19 heavy (non-hydrogen) atoms. The molecule has 3 heterocycles. The summed E-state index contributed by atoms with van der Waals surface area (Å²) in [5.74, 6) is -0.236. The van der Waals surface area contributed by atoms with Crippen molar-refractivity contribution in [3.8, 4) is 11.5 Å². The Morgan fingerprint density at radius 2 is 2.05 bits per heavy atom. The third-order valence-corrected chi connectivity index (χ3v) is 4.33. The predicted molar refractivity (Wildman–Crippen MR) is 75.1 cm³/mol. The molecular formula is C13H9ClFN3S. The van der Waals surface area contributed by atoms with E-state index in [2.05, 4.69) is 15.0 Å². The Hall–Kier alpha value is -1.59. The summed E-state index contributed by atoms with van der Waals surface area (Å²) < 4.78 is 13.7. The lowest BCUT2D eigenvalue weighted by molar-refractivity contribution is 0.624. The van der Waals surface area contributed by atoms with E-state index >= 15 is 0 Å². The van der Waals surface area contributed by atoms with Gasteiger partial charge in [0.1, 0.15) is 15.7 Å². The highest BCUT2D eigenvalue weighted by Crippen LogP contribution is 2.34. The number of nitrogens with zero attached hydrogens (tertiary/aromatic N) is 3. The molecule has 0 atom stereocenters. The Morgan fingerprint density at radius 1 is 1.26 bits per heavy atom. The largest absolute Gasteiger partial charge is 0.250 e. The molecule has 0 amide bonds. The van der Waals surface area contributed by atoms with Crippen molar-refractivity contribution in [2.24, 2.45) is 0 Å². The fourth-order valence-electron chi connectivity index (χ4n) is 1.86. The predicted octanol–water partition coefficient (Wildman–Crippen LogP) is 4.16. The number of aromatic nitrogens is 3. The number of thiophene rings is 1. The van der Waals surface area contributed by atoms with Crippen molar-refractivity contribution in [2.75, 3.05) is 0 Å². The van der Waals surface area contributed by atoms with Gasteiger partial charge in [0, 0.05) is 11.1 Å². The van der Waals surface area contributed by atoms with Crippen LogP contribution in [0.25, 0.3) is 21.7 Å². The second-order valence-electron chi connectivity index (χ2n) is 4.14. The molecule has 0 unspecified atom stereocenters. The second kappa shape index (κ2) is 4.51. The van der Waals surface area contributed by atoms with E-state index in [0.717, 1.165) is 20.7 Å². The topological polar surface area (TPSA) is 38.7 Å². The molecule has 0 aromatic carbocycles. The van der Waals surface area contributed by atoms with Crippen molar-refractivity contribution in [3.05, 3.63) is 39.7 Å². The molecule has 0 saturated heterocycles. The zero-order chi connectivity index (χ0) is 13.6. The molecule has 3 aromatic rings. The smallest absolute Gasteiger partial charge is 0.184 e. The molecule has 3 aromatic heterocycles. The second-order valence-corrected chi connectivity index (χ2v) is 5.70. The number of hydrogen-bond acceptors (Lipinski definition) is 4. The number of pyridine rings is 1. The summed E-state index contributed by atoms with van der Waals surface area (Å²) in [6.07, 6.45) is 1.50. The van der Waals surface area contributed by atoms with Crippen molar-refractivity contribution in [1.29, 1.82) is 0 Å². The minimum atomic E-state index is -0.456. The Bertz CT molecular complexity index is 785. The fourth-order valence-corrected chi connectivity index (χ4v) is 3.25. The first kappa shape index (κ1) is 12.4. The van der Waals surface area contributed by atoms with E-state index < -0.39 is 5.82 Å². The third kappa shape index (κ3) is 1.99. The van der Waals surface area contributed by atoms with E-state index in [4.69, 9.17) is 11.6 Å². The quantitative estimate of drug-likeness (QED) is 0.632. The molecule has 3 nitrogen and oxygen atoms in total. The van der Waals surface area contributed by atoms with Crippen LogP contribution in [0, 0.1) is 19.7 Å². The SMILES string of the molecule is Cc1sc2nc(-c3ncccc3F)nc(Cl)c2c1C.